The molecule has 0 spiro atoms. The summed E-state index contributed by atoms with van der Waals surface area (Å²) >= 11 is 0. The molecule has 1 atom stereocenters. The molecule has 1 heterocycles. The highest BCUT2D eigenvalue weighted by Gasteiger charge is 2.29. The van der Waals surface area contributed by atoms with Crippen LogP contribution in [0.5, 0.6) is 5.75 Å². The quantitative estimate of drug-likeness (QED) is 0.636. The van der Waals surface area contributed by atoms with Gasteiger partial charge in [0, 0.05) is 17.5 Å². The van der Waals surface area contributed by atoms with Crippen molar-refractivity contribution in [2.24, 2.45) is 0 Å². The number of halogens is 1. The zero-order valence-electron chi connectivity index (χ0n) is 14.1. The summed E-state index contributed by atoms with van der Waals surface area (Å²) in [6, 6.07) is 17.1. The zero-order chi connectivity index (χ0) is 19.0. The van der Waals surface area contributed by atoms with Gasteiger partial charge in [-0.3, -0.25) is 4.79 Å². The first-order valence-electron chi connectivity index (χ1n) is 8.33. The minimum atomic E-state index is -3.63. The Morgan fingerprint density at radius 1 is 0.963 bits per heavy atom. The fourth-order valence-electron chi connectivity index (χ4n) is 3.18. The average Bonchev–Trinajstić information content (AvgIpc) is 3.11. The van der Waals surface area contributed by atoms with Gasteiger partial charge in [0.25, 0.3) is 0 Å². The van der Waals surface area contributed by atoms with E-state index in [9.17, 15) is 17.6 Å². The molecule has 0 amide bonds. The Labute approximate surface area is 156 Å². The molecule has 0 N–H and O–H groups in total. The van der Waals surface area contributed by atoms with E-state index in [-0.39, 0.29) is 15.4 Å². The van der Waals surface area contributed by atoms with Gasteiger partial charge in [0.1, 0.15) is 24.0 Å². The molecule has 0 radical (unpaired) electrons. The van der Waals surface area contributed by atoms with Crippen molar-refractivity contribution in [2.45, 2.75) is 22.3 Å². The monoisotopic (exact) mass is 382 g/mol. The number of benzene rings is 3. The highest BCUT2D eigenvalue weighted by atomic mass is 32.2. The van der Waals surface area contributed by atoms with E-state index in [1.165, 1.54) is 24.3 Å². The maximum atomic E-state index is 14.3. The Hall–Kier alpha value is -2.99. The van der Waals surface area contributed by atoms with Crippen LogP contribution in [0.4, 0.5) is 4.39 Å². The Kier molecular flexibility index (Phi) is 4.28. The summed E-state index contributed by atoms with van der Waals surface area (Å²) in [6.45, 7) is 0. The van der Waals surface area contributed by atoms with Crippen LogP contribution in [-0.4, -0.2) is 14.7 Å². The number of sulfone groups is 1. The topological polar surface area (TPSA) is 60.4 Å². The summed E-state index contributed by atoms with van der Waals surface area (Å²) < 4.78 is 45.6. The van der Waals surface area contributed by atoms with Crippen molar-refractivity contribution >= 4 is 16.1 Å². The number of carbonyl (C=O) groups is 1. The molecule has 4 nitrogen and oxygen atoms in total. The van der Waals surface area contributed by atoms with Crippen molar-refractivity contribution in [3.63, 3.8) is 0 Å². The van der Waals surface area contributed by atoms with E-state index in [0.29, 0.717) is 29.6 Å². The van der Waals surface area contributed by atoms with E-state index in [4.69, 9.17) is 4.74 Å². The van der Waals surface area contributed by atoms with E-state index in [1.54, 1.807) is 42.5 Å². The van der Waals surface area contributed by atoms with Gasteiger partial charge in [-0.25, -0.2) is 12.8 Å². The van der Waals surface area contributed by atoms with E-state index >= 15 is 0 Å². The van der Waals surface area contributed by atoms with E-state index < -0.39 is 21.8 Å². The maximum Gasteiger partial charge on any atom is 0.206 e. The zero-order valence-corrected chi connectivity index (χ0v) is 14.9. The molecule has 0 fully saturated rings. The highest BCUT2D eigenvalue weighted by molar-refractivity contribution is 7.91. The van der Waals surface area contributed by atoms with E-state index in [0.717, 1.165) is 0 Å². The van der Waals surface area contributed by atoms with Gasteiger partial charge < -0.3 is 4.74 Å². The van der Waals surface area contributed by atoms with Crippen molar-refractivity contribution in [1.82, 2.24) is 0 Å². The van der Waals surface area contributed by atoms with Gasteiger partial charge in [0.05, 0.1) is 9.79 Å². The molecule has 1 aliphatic heterocycles. The van der Waals surface area contributed by atoms with Crippen molar-refractivity contribution in [3.05, 3.63) is 89.2 Å². The third-order valence-corrected chi connectivity index (χ3v) is 6.35. The van der Waals surface area contributed by atoms with E-state index in [2.05, 4.69) is 0 Å². The highest BCUT2D eigenvalue weighted by Crippen LogP contribution is 2.39. The molecule has 3 aromatic carbocycles. The van der Waals surface area contributed by atoms with Gasteiger partial charge in [0.15, 0.2) is 0 Å². The summed E-state index contributed by atoms with van der Waals surface area (Å²) in [7, 11) is -3.63. The average molecular weight is 382 g/mol. The fraction of sp³-hybridized carbons (Fsp3) is 0.0952. The molecule has 0 saturated heterocycles. The van der Waals surface area contributed by atoms with Crippen molar-refractivity contribution < 1.29 is 22.3 Å². The van der Waals surface area contributed by atoms with Crippen LogP contribution in [0.15, 0.2) is 76.5 Å². The molecular weight excluding hydrogens is 367 g/mol. The lowest BCUT2D eigenvalue weighted by Crippen LogP contribution is -2.06. The van der Waals surface area contributed by atoms with Crippen LogP contribution < -0.4 is 4.74 Å². The predicted molar refractivity (Wildman–Crippen MR) is 97.2 cm³/mol. The normalized spacial score (nSPS) is 15.8. The second-order valence-corrected chi connectivity index (χ2v) is 8.25. The Morgan fingerprint density at radius 2 is 1.74 bits per heavy atom. The summed E-state index contributed by atoms with van der Waals surface area (Å²) in [5.74, 6) is 0.0143. The summed E-state index contributed by atoms with van der Waals surface area (Å²) in [6.07, 6.45) is 0.373. The molecular formula is C21H15FO4S. The number of ether oxygens (including phenoxy) is 1. The van der Waals surface area contributed by atoms with Crippen LogP contribution in [0.3, 0.4) is 0 Å². The first kappa shape index (κ1) is 17.4. The molecule has 0 bridgehead atoms. The van der Waals surface area contributed by atoms with Crippen molar-refractivity contribution in [2.75, 3.05) is 0 Å². The first-order valence-corrected chi connectivity index (χ1v) is 9.82. The second kappa shape index (κ2) is 6.63. The van der Waals surface area contributed by atoms with Gasteiger partial charge in [-0.15, -0.1) is 0 Å². The molecule has 4 rings (SSSR count). The van der Waals surface area contributed by atoms with Crippen molar-refractivity contribution in [1.29, 1.82) is 0 Å². The Morgan fingerprint density at radius 3 is 2.44 bits per heavy atom. The molecule has 0 aliphatic carbocycles. The lowest BCUT2D eigenvalue weighted by atomic mass is 10.0. The van der Waals surface area contributed by atoms with E-state index in [1.807, 2.05) is 0 Å². The van der Waals surface area contributed by atoms with Crippen LogP contribution in [0, 0.1) is 5.82 Å². The van der Waals surface area contributed by atoms with Crippen LogP contribution >= 0.6 is 0 Å². The molecule has 27 heavy (non-hydrogen) atoms. The smallest absolute Gasteiger partial charge is 0.206 e. The number of hydrogen-bond acceptors (Lipinski definition) is 4. The van der Waals surface area contributed by atoms with Gasteiger partial charge in [0.2, 0.25) is 9.84 Å². The second-order valence-electron chi connectivity index (χ2n) is 6.30. The standard InChI is InChI=1S/C21H15FO4S/c22-19-10-14(13-23)6-8-18(19)21-12-15-11-17(7-9-20(15)26-21)27(24,25)16-4-2-1-3-5-16/h1-11,13,21H,12H2. The Balaban J connectivity index is 1.66. The lowest BCUT2D eigenvalue weighted by molar-refractivity contribution is 0.112. The molecule has 0 aromatic heterocycles. The minimum absolute atomic E-state index is 0.175. The van der Waals surface area contributed by atoms with Gasteiger partial charge in [-0.05, 0) is 42.0 Å². The molecule has 1 unspecified atom stereocenters. The van der Waals surface area contributed by atoms with Gasteiger partial charge in [-0.2, -0.15) is 0 Å². The number of carbonyl (C=O) groups excluding carboxylic acids is 1. The van der Waals surface area contributed by atoms with Crippen molar-refractivity contribution in [3.8, 4) is 5.75 Å². The van der Waals surface area contributed by atoms with Gasteiger partial charge in [-0.1, -0.05) is 30.3 Å². The lowest BCUT2D eigenvalue weighted by Gasteiger charge is -2.12. The van der Waals surface area contributed by atoms with Crippen LogP contribution in [-0.2, 0) is 16.3 Å². The summed E-state index contributed by atoms with van der Waals surface area (Å²) in [5, 5.41) is 0. The molecule has 0 saturated carbocycles. The largest absolute Gasteiger partial charge is 0.485 e. The molecule has 6 heteroatoms. The number of rotatable bonds is 4. The van der Waals surface area contributed by atoms with Crippen LogP contribution in [0.2, 0.25) is 0 Å². The first-order chi connectivity index (χ1) is 13.0. The fourth-order valence-corrected chi connectivity index (χ4v) is 4.51. The Bertz CT molecular complexity index is 1120. The number of fused-ring (bicyclic) bond motifs is 1. The summed E-state index contributed by atoms with van der Waals surface area (Å²) in [5.41, 5.74) is 1.29. The minimum Gasteiger partial charge on any atom is -0.485 e. The summed E-state index contributed by atoms with van der Waals surface area (Å²) in [4.78, 5) is 11.2. The predicted octanol–water partition coefficient (Wildman–Crippen LogP) is 4.15. The third-order valence-electron chi connectivity index (χ3n) is 4.58. The van der Waals surface area contributed by atoms with Crippen LogP contribution in [0.1, 0.15) is 27.6 Å². The number of hydrogen-bond donors (Lipinski definition) is 0. The van der Waals surface area contributed by atoms with Gasteiger partial charge >= 0.3 is 0 Å². The maximum absolute atomic E-state index is 14.3. The molecule has 136 valence electrons. The van der Waals surface area contributed by atoms with Crippen LogP contribution in [0.25, 0.3) is 0 Å². The molecule has 1 aliphatic rings. The number of aldehydes is 1. The molecule has 3 aromatic rings. The SMILES string of the molecule is O=Cc1ccc(C2Cc3cc(S(=O)(=O)c4ccccc4)ccc3O2)c(F)c1. The third kappa shape index (κ3) is 3.13.